The zero-order valence-corrected chi connectivity index (χ0v) is 17.4. The molecule has 4 aromatic rings. The van der Waals surface area contributed by atoms with E-state index in [9.17, 15) is 14.4 Å². The molecule has 9 heteroatoms. The lowest BCUT2D eigenvalue weighted by Gasteiger charge is -2.13. The van der Waals surface area contributed by atoms with Crippen molar-refractivity contribution in [2.24, 2.45) is 0 Å². The second kappa shape index (κ2) is 8.53. The van der Waals surface area contributed by atoms with Gasteiger partial charge in [-0.2, -0.15) is 5.26 Å². The van der Waals surface area contributed by atoms with Gasteiger partial charge in [-0.05, 0) is 25.1 Å². The first-order valence-corrected chi connectivity index (χ1v) is 10.0. The zero-order valence-electron chi connectivity index (χ0n) is 16.6. The van der Waals surface area contributed by atoms with Crippen LogP contribution in [0.25, 0.3) is 31.7 Å². The van der Waals surface area contributed by atoms with Gasteiger partial charge in [0.15, 0.2) is 11.6 Å². The number of thiazole rings is 1. The van der Waals surface area contributed by atoms with Crippen LogP contribution in [0.15, 0.2) is 36.5 Å². The molecule has 156 valence electrons. The molecule has 0 saturated heterocycles. The highest BCUT2D eigenvalue weighted by atomic mass is 32.1. The fourth-order valence-corrected chi connectivity index (χ4v) is 4.12. The van der Waals surface area contributed by atoms with E-state index in [1.807, 2.05) is 0 Å². The lowest BCUT2D eigenvalue weighted by Crippen LogP contribution is -2.19. The summed E-state index contributed by atoms with van der Waals surface area (Å²) in [5, 5.41) is 10.8. The Labute approximate surface area is 180 Å². The summed E-state index contributed by atoms with van der Waals surface area (Å²) in [5.74, 6) is 0.0540. The molecule has 7 nitrogen and oxygen atoms in total. The molecule has 31 heavy (non-hydrogen) atoms. The highest BCUT2D eigenvalue weighted by Gasteiger charge is 2.17. The molecule has 4 rings (SSSR count). The summed E-state index contributed by atoms with van der Waals surface area (Å²) in [6.45, 7) is 2.00. The average molecular weight is 437 g/mol. The van der Waals surface area contributed by atoms with E-state index in [-0.39, 0.29) is 12.4 Å². The molecule has 0 aliphatic rings. The molecular formula is C22H16FN3O4S. The van der Waals surface area contributed by atoms with Crippen molar-refractivity contribution in [1.29, 1.82) is 5.26 Å². The summed E-state index contributed by atoms with van der Waals surface area (Å²) in [4.78, 5) is 19.3. The molecule has 0 aliphatic heterocycles. The third-order valence-corrected chi connectivity index (χ3v) is 5.57. The Balaban J connectivity index is 1.79. The van der Waals surface area contributed by atoms with Gasteiger partial charge in [-0.1, -0.05) is 0 Å². The molecule has 0 saturated carbocycles. The summed E-state index contributed by atoms with van der Waals surface area (Å²) in [7, 11) is 1.55. The molecule has 2 heterocycles. The van der Waals surface area contributed by atoms with Gasteiger partial charge in [0.05, 0.1) is 40.7 Å². The van der Waals surface area contributed by atoms with Crippen LogP contribution >= 0.6 is 11.3 Å². The summed E-state index contributed by atoms with van der Waals surface area (Å²) < 4.78 is 30.7. The smallest absolute Gasteiger partial charge is 0.293 e. The van der Waals surface area contributed by atoms with Crippen LogP contribution in [0.3, 0.4) is 0 Å². The Bertz CT molecular complexity index is 1330. The number of aromatic nitrogens is 2. The van der Waals surface area contributed by atoms with Crippen molar-refractivity contribution in [3.63, 3.8) is 0 Å². The number of fused-ring (bicyclic) bond motifs is 2. The Morgan fingerprint density at radius 3 is 2.87 bits per heavy atom. The van der Waals surface area contributed by atoms with Crippen LogP contribution in [0, 0.1) is 17.1 Å². The summed E-state index contributed by atoms with van der Waals surface area (Å²) >= 11 is 1.34. The topological polar surface area (TPSA) is 94.3 Å². The first-order chi connectivity index (χ1) is 15.0. The van der Waals surface area contributed by atoms with Gasteiger partial charge in [-0.25, -0.2) is 9.37 Å². The van der Waals surface area contributed by atoms with Gasteiger partial charge < -0.3 is 14.2 Å². The number of nitrogens with zero attached hydrogens (tertiary/aromatic N) is 3. The van der Waals surface area contributed by atoms with Gasteiger partial charge in [0.1, 0.15) is 23.5 Å². The number of hydrogen-bond acceptors (Lipinski definition) is 8. The molecule has 0 spiro atoms. The van der Waals surface area contributed by atoms with Gasteiger partial charge in [-0.15, -0.1) is 11.3 Å². The monoisotopic (exact) mass is 437 g/mol. The largest absolute Gasteiger partial charge is 0.495 e. The van der Waals surface area contributed by atoms with Crippen molar-refractivity contribution >= 4 is 38.9 Å². The van der Waals surface area contributed by atoms with E-state index in [4.69, 9.17) is 9.47 Å². The maximum atomic E-state index is 14.5. The van der Waals surface area contributed by atoms with Crippen molar-refractivity contribution in [2.45, 2.75) is 13.0 Å². The summed E-state index contributed by atoms with van der Waals surface area (Å²) in [6.07, 6.45) is 1.08. The van der Waals surface area contributed by atoms with Gasteiger partial charge in [-0.3, -0.25) is 9.78 Å². The van der Waals surface area contributed by atoms with E-state index in [0.29, 0.717) is 44.1 Å². The number of carbonyl (C=O) groups is 1. The maximum absolute atomic E-state index is 14.5. The summed E-state index contributed by atoms with van der Waals surface area (Å²) in [6, 6.07) is 10.3. The van der Waals surface area contributed by atoms with Crippen LogP contribution in [-0.4, -0.2) is 36.3 Å². The molecule has 0 fully saturated rings. The number of methoxy groups -OCH3 is 1. The molecular weight excluding hydrogens is 421 g/mol. The Hall–Kier alpha value is -3.77. The van der Waals surface area contributed by atoms with E-state index in [1.54, 1.807) is 44.5 Å². The fraction of sp³-hybridized carbons (Fsp3) is 0.182. The van der Waals surface area contributed by atoms with Crippen LogP contribution in [0.1, 0.15) is 12.5 Å². The van der Waals surface area contributed by atoms with E-state index in [2.05, 4.69) is 20.8 Å². The molecule has 2 aromatic heterocycles. The van der Waals surface area contributed by atoms with Crippen molar-refractivity contribution < 1.29 is 23.4 Å². The second-order valence-electron chi connectivity index (χ2n) is 6.71. The van der Waals surface area contributed by atoms with Crippen molar-refractivity contribution in [3.8, 4) is 28.1 Å². The Kier molecular flexibility index (Phi) is 5.64. The van der Waals surface area contributed by atoms with Crippen molar-refractivity contribution in [1.82, 2.24) is 9.97 Å². The fourth-order valence-electron chi connectivity index (χ4n) is 3.13. The molecule has 0 N–H and O–H groups in total. The predicted molar refractivity (Wildman–Crippen MR) is 114 cm³/mol. The van der Waals surface area contributed by atoms with E-state index in [0.717, 1.165) is 5.39 Å². The minimum Gasteiger partial charge on any atom is -0.495 e. The van der Waals surface area contributed by atoms with Crippen LogP contribution in [-0.2, 0) is 9.53 Å². The molecule has 1 unspecified atom stereocenters. The van der Waals surface area contributed by atoms with E-state index >= 15 is 0 Å². The number of nitriles is 1. The molecule has 0 bridgehead atoms. The quantitative estimate of drug-likeness (QED) is 0.394. The zero-order chi connectivity index (χ0) is 22.0. The number of carbonyl (C=O) groups excluding carboxylic acids is 1. The van der Waals surface area contributed by atoms with Crippen LogP contribution < -0.4 is 9.47 Å². The first kappa shape index (κ1) is 20.5. The van der Waals surface area contributed by atoms with Gasteiger partial charge in [0, 0.05) is 23.1 Å². The highest BCUT2D eigenvalue weighted by molar-refractivity contribution is 7.21. The lowest BCUT2D eigenvalue weighted by atomic mass is 10.1. The van der Waals surface area contributed by atoms with Gasteiger partial charge in [0.2, 0.25) is 0 Å². The minimum absolute atomic E-state index is 0.0109. The Morgan fingerprint density at radius 2 is 2.13 bits per heavy atom. The van der Waals surface area contributed by atoms with Crippen LogP contribution in [0.5, 0.6) is 11.5 Å². The standard InChI is InChI=1S/C22H16FN3O4S/c1-12(10-29-11-27)30-19-7-20-18(6-17(19)23)26-22(31-20)16-4-13(8-24)3-14-5-15(28-2)9-25-21(14)16/h3-7,9,11-12H,10H2,1-2H3. The number of pyridine rings is 1. The number of halogens is 1. The molecule has 0 aliphatic carbocycles. The third kappa shape index (κ3) is 4.11. The molecule has 2 aromatic carbocycles. The van der Waals surface area contributed by atoms with E-state index < -0.39 is 11.9 Å². The molecule has 0 amide bonds. The average Bonchev–Trinajstić information content (AvgIpc) is 3.19. The van der Waals surface area contributed by atoms with E-state index in [1.165, 1.54) is 17.4 Å². The van der Waals surface area contributed by atoms with Crippen LogP contribution in [0.4, 0.5) is 4.39 Å². The molecule has 0 radical (unpaired) electrons. The van der Waals surface area contributed by atoms with Gasteiger partial charge in [0.25, 0.3) is 6.47 Å². The normalized spacial score (nSPS) is 11.8. The lowest BCUT2D eigenvalue weighted by molar-refractivity contribution is -0.130. The summed E-state index contributed by atoms with van der Waals surface area (Å²) in [5.41, 5.74) is 2.26. The third-order valence-electron chi connectivity index (χ3n) is 4.52. The van der Waals surface area contributed by atoms with Crippen molar-refractivity contribution in [3.05, 3.63) is 47.9 Å². The van der Waals surface area contributed by atoms with Crippen LogP contribution in [0.2, 0.25) is 0 Å². The maximum Gasteiger partial charge on any atom is 0.293 e. The second-order valence-corrected chi connectivity index (χ2v) is 7.74. The number of rotatable bonds is 7. The van der Waals surface area contributed by atoms with Crippen molar-refractivity contribution in [2.75, 3.05) is 13.7 Å². The number of benzene rings is 2. The number of ether oxygens (including phenoxy) is 3. The molecule has 1 atom stereocenters. The SMILES string of the molecule is COc1cnc2c(-c3nc4cc(F)c(OC(C)COC=O)cc4s3)cc(C#N)cc2c1. The minimum atomic E-state index is -0.569. The number of hydrogen-bond donors (Lipinski definition) is 0. The van der Waals surface area contributed by atoms with Gasteiger partial charge >= 0.3 is 0 Å². The highest BCUT2D eigenvalue weighted by Crippen LogP contribution is 2.37. The predicted octanol–water partition coefficient (Wildman–Crippen LogP) is 4.47. The first-order valence-electron chi connectivity index (χ1n) is 9.22. The Morgan fingerprint density at radius 1 is 1.29 bits per heavy atom.